The van der Waals surface area contributed by atoms with E-state index in [9.17, 15) is 0 Å². The lowest BCUT2D eigenvalue weighted by atomic mass is 9.91. The zero-order chi connectivity index (χ0) is 36.3. The van der Waals surface area contributed by atoms with Gasteiger partial charge < -0.3 is 4.42 Å². The predicted octanol–water partition coefficient (Wildman–Crippen LogP) is 13.6. The van der Waals surface area contributed by atoms with Crippen LogP contribution >= 0.6 is 0 Å². The Labute approximate surface area is 317 Å². The highest BCUT2D eigenvalue weighted by Crippen LogP contribution is 2.44. The van der Waals surface area contributed by atoms with Gasteiger partial charge in [0.2, 0.25) is 0 Å². The Balaban J connectivity index is 1.15. The summed E-state index contributed by atoms with van der Waals surface area (Å²) < 4.78 is 6.82. The van der Waals surface area contributed by atoms with Crippen molar-refractivity contribution < 1.29 is 4.42 Å². The van der Waals surface area contributed by atoms with Gasteiger partial charge in [0.1, 0.15) is 11.2 Å². The smallest absolute Gasteiger partial charge is 0.164 e. The second kappa shape index (κ2) is 12.6. The first-order valence-electron chi connectivity index (χ1n) is 18.5. The molecule has 0 radical (unpaired) electrons. The number of aromatic nitrogens is 3. The SMILES string of the molecule is c1ccc(-c2ccc(-c3nc(-c4ccc5ccccc5c4)nc(-c4ccc5ccccc5c4)n3)c3c2oc2ccccc23)c(-c2ccc3ccccc3c2)c1. The van der Waals surface area contributed by atoms with E-state index in [-0.39, 0.29) is 0 Å². The molecule has 4 heteroatoms. The lowest BCUT2D eigenvalue weighted by Gasteiger charge is -2.14. The van der Waals surface area contributed by atoms with Crippen molar-refractivity contribution >= 4 is 54.3 Å². The van der Waals surface area contributed by atoms with Gasteiger partial charge in [-0.1, -0.05) is 152 Å². The summed E-state index contributed by atoms with van der Waals surface area (Å²) in [5.41, 5.74) is 8.76. The molecule has 4 nitrogen and oxygen atoms in total. The second-order valence-electron chi connectivity index (χ2n) is 14.0. The van der Waals surface area contributed by atoms with E-state index in [0.29, 0.717) is 17.5 Å². The molecule has 0 saturated carbocycles. The van der Waals surface area contributed by atoms with Gasteiger partial charge in [0.25, 0.3) is 0 Å². The van der Waals surface area contributed by atoms with Gasteiger partial charge in [0, 0.05) is 33.0 Å². The first kappa shape index (κ1) is 31.1. The quantitative estimate of drug-likeness (QED) is 0.179. The van der Waals surface area contributed by atoms with Crippen LogP contribution in [0.15, 0.2) is 192 Å². The molecule has 0 aliphatic rings. The zero-order valence-corrected chi connectivity index (χ0v) is 29.6. The number of para-hydroxylation sites is 1. The van der Waals surface area contributed by atoms with E-state index in [1.165, 1.54) is 21.5 Å². The standard InChI is InChI=1S/C51H31N3O/c1-4-14-35-29-38(24-21-32(35)11-1)41-17-7-8-18-42(41)43-27-28-45(47-44-19-9-10-20-46(44)55-48(43)47)51-53-49(39-25-22-33-12-2-5-15-36(33)30-39)52-50(54-51)40-26-23-34-13-3-6-16-37(34)31-40/h1-31H. The van der Waals surface area contributed by atoms with Crippen LogP contribution in [-0.2, 0) is 0 Å². The van der Waals surface area contributed by atoms with Crippen molar-refractivity contribution in [3.63, 3.8) is 0 Å². The molecule has 2 aromatic heterocycles. The highest BCUT2D eigenvalue weighted by molar-refractivity contribution is 6.16. The van der Waals surface area contributed by atoms with E-state index < -0.39 is 0 Å². The van der Waals surface area contributed by atoms with Crippen molar-refractivity contribution in [1.82, 2.24) is 15.0 Å². The Kier molecular flexibility index (Phi) is 7.14. The van der Waals surface area contributed by atoms with Crippen LogP contribution in [0.5, 0.6) is 0 Å². The summed E-state index contributed by atoms with van der Waals surface area (Å²) in [5, 5.41) is 9.01. The molecule has 0 aliphatic heterocycles. The fourth-order valence-corrected chi connectivity index (χ4v) is 7.96. The molecule has 2 heterocycles. The number of nitrogens with zero attached hydrogens (tertiary/aromatic N) is 3. The number of hydrogen-bond acceptors (Lipinski definition) is 4. The number of fused-ring (bicyclic) bond motifs is 6. The summed E-state index contributed by atoms with van der Waals surface area (Å²) in [4.78, 5) is 15.6. The van der Waals surface area contributed by atoms with Gasteiger partial charge in [-0.3, -0.25) is 0 Å². The van der Waals surface area contributed by atoms with E-state index in [0.717, 1.165) is 71.7 Å². The normalized spacial score (nSPS) is 11.6. The molecule has 0 spiro atoms. The maximum absolute atomic E-state index is 6.82. The highest BCUT2D eigenvalue weighted by atomic mass is 16.3. The Hall–Kier alpha value is -7.43. The Bertz CT molecular complexity index is 3190. The lowest BCUT2D eigenvalue weighted by molar-refractivity contribution is 0.670. The zero-order valence-electron chi connectivity index (χ0n) is 29.6. The predicted molar refractivity (Wildman–Crippen MR) is 227 cm³/mol. The van der Waals surface area contributed by atoms with E-state index >= 15 is 0 Å². The molecular formula is C51H31N3O. The van der Waals surface area contributed by atoms with Crippen LogP contribution in [0.3, 0.4) is 0 Å². The summed E-state index contributed by atoms with van der Waals surface area (Å²) in [6.45, 7) is 0. The summed E-state index contributed by atoms with van der Waals surface area (Å²) in [6.07, 6.45) is 0. The van der Waals surface area contributed by atoms with Crippen LogP contribution in [0.1, 0.15) is 0 Å². The van der Waals surface area contributed by atoms with Crippen LogP contribution in [0.25, 0.3) is 111 Å². The van der Waals surface area contributed by atoms with E-state index in [2.05, 4.69) is 176 Å². The molecule has 9 aromatic carbocycles. The largest absolute Gasteiger partial charge is 0.455 e. The molecule has 0 N–H and O–H groups in total. The lowest BCUT2D eigenvalue weighted by Crippen LogP contribution is -2.01. The van der Waals surface area contributed by atoms with Crippen molar-refractivity contribution in [3.8, 4) is 56.4 Å². The summed E-state index contributed by atoms with van der Waals surface area (Å²) >= 11 is 0. The maximum Gasteiger partial charge on any atom is 0.164 e. The van der Waals surface area contributed by atoms with Crippen molar-refractivity contribution in [1.29, 1.82) is 0 Å². The third kappa shape index (κ3) is 5.34. The molecule has 0 amide bonds. The topological polar surface area (TPSA) is 51.8 Å². The van der Waals surface area contributed by atoms with E-state index in [4.69, 9.17) is 19.4 Å². The molecule has 256 valence electrons. The van der Waals surface area contributed by atoms with Crippen LogP contribution in [0.2, 0.25) is 0 Å². The second-order valence-corrected chi connectivity index (χ2v) is 14.0. The molecule has 0 bridgehead atoms. The fraction of sp³-hybridized carbons (Fsp3) is 0. The summed E-state index contributed by atoms with van der Waals surface area (Å²) in [6, 6.07) is 65.8. The van der Waals surface area contributed by atoms with Crippen LogP contribution < -0.4 is 0 Å². The first-order valence-corrected chi connectivity index (χ1v) is 18.5. The fourth-order valence-electron chi connectivity index (χ4n) is 7.96. The van der Waals surface area contributed by atoms with Gasteiger partial charge in [0.15, 0.2) is 17.5 Å². The molecular weight excluding hydrogens is 671 g/mol. The minimum Gasteiger partial charge on any atom is -0.455 e. The highest BCUT2D eigenvalue weighted by Gasteiger charge is 2.22. The number of furan rings is 1. The third-order valence-corrected chi connectivity index (χ3v) is 10.7. The van der Waals surface area contributed by atoms with Crippen molar-refractivity contribution in [2.45, 2.75) is 0 Å². The van der Waals surface area contributed by atoms with Crippen molar-refractivity contribution in [2.24, 2.45) is 0 Å². The Morgan fingerprint density at radius 1 is 0.309 bits per heavy atom. The molecule has 0 unspecified atom stereocenters. The van der Waals surface area contributed by atoms with Gasteiger partial charge in [0.05, 0.1) is 0 Å². The van der Waals surface area contributed by atoms with Gasteiger partial charge >= 0.3 is 0 Å². The molecule has 0 saturated heterocycles. The molecule has 0 atom stereocenters. The van der Waals surface area contributed by atoms with Gasteiger partial charge in [-0.15, -0.1) is 0 Å². The van der Waals surface area contributed by atoms with E-state index in [1.54, 1.807) is 0 Å². The summed E-state index contributed by atoms with van der Waals surface area (Å²) in [5.74, 6) is 1.82. The minimum absolute atomic E-state index is 0.590. The van der Waals surface area contributed by atoms with Gasteiger partial charge in [-0.25, -0.2) is 15.0 Å². The third-order valence-electron chi connectivity index (χ3n) is 10.7. The van der Waals surface area contributed by atoms with Crippen LogP contribution in [-0.4, -0.2) is 15.0 Å². The van der Waals surface area contributed by atoms with E-state index in [1.807, 2.05) is 12.1 Å². The number of rotatable bonds is 5. The monoisotopic (exact) mass is 701 g/mol. The Morgan fingerprint density at radius 3 is 1.38 bits per heavy atom. The van der Waals surface area contributed by atoms with Crippen molar-refractivity contribution in [2.75, 3.05) is 0 Å². The molecule has 0 aliphatic carbocycles. The van der Waals surface area contributed by atoms with Gasteiger partial charge in [-0.2, -0.15) is 0 Å². The molecule has 11 rings (SSSR count). The Morgan fingerprint density at radius 2 is 0.764 bits per heavy atom. The van der Waals surface area contributed by atoms with Crippen LogP contribution in [0.4, 0.5) is 0 Å². The van der Waals surface area contributed by atoms with Crippen molar-refractivity contribution in [3.05, 3.63) is 188 Å². The van der Waals surface area contributed by atoms with Gasteiger partial charge in [-0.05, 0) is 85.4 Å². The molecule has 11 aromatic rings. The first-order chi connectivity index (χ1) is 27.2. The average Bonchev–Trinajstić information content (AvgIpc) is 3.65. The number of hydrogen-bond donors (Lipinski definition) is 0. The number of benzene rings is 9. The molecule has 55 heavy (non-hydrogen) atoms. The van der Waals surface area contributed by atoms with Crippen LogP contribution in [0, 0.1) is 0 Å². The average molecular weight is 702 g/mol. The maximum atomic E-state index is 6.82. The summed E-state index contributed by atoms with van der Waals surface area (Å²) in [7, 11) is 0. The minimum atomic E-state index is 0.590. The molecule has 0 fully saturated rings.